The summed E-state index contributed by atoms with van der Waals surface area (Å²) in [4.78, 5) is 47.7. The molecular formula is C37H27ClF3N3O3S. The normalized spacial score (nSPS) is 15.2. The van der Waals surface area contributed by atoms with Crippen molar-refractivity contribution in [3.8, 4) is 10.4 Å². The molecule has 0 radical (unpaired) electrons. The van der Waals surface area contributed by atoms with E-state index in [9.17, 15) is 27.6 Å². The van der Waals surface area contributed by atoms with Gasteiger partial charge in [-0.25, -0.2) is 4.90 Å². The Morgan fingerprint density at radius 2 is 1.33 bits per heavy atom. The van der Waals surface area contributed by atoms with Crippen LogP contribution in [0.5, 0.6) is 0 Å². The summed E-state index contributed by atoms with van der Waals surface area (Å²) in [6.07, 6.45) is -4.48. The van der Waals surface area contributed by atoms with Crippen LogP contribution in [0.2, 0.25) is 5.02 Å². The Morgan fingerprint density at radius 3 is 1.96 bits per heavy atom. The summed E-state index contributed by atoms with van der Waals surface area (Å²) in [6.45, 7) is 1.79. The molecule has 1 fully saturated rings. The quantitative estimate of drug-likeness (QED) is 0.127. The first kappa shape index (κ1) is 31.8. The van der Waals surface area contributed by atoms with E-state index in [2.05, 4.69) is 4.90 Å². The number of fused-ring (bicyclic) bond motifs is 1. The van der Waals surface area contributed by atoms with Crippen LogP contribution in [0.1, 0.15) is 47.8 Å². The Kier molecular flexibility index (Phi) is 8.41. The topological polar surface area (TPSA) is 60.9 Å². The number of ketones is 1. The van der Waals surface area contributed by atoms with Crippen molar-refractivity contribution in [1.82, 2.24) is 4.90 Å². The van der Waals surface area contributed by atoms with E-state index in [-0.39, 0.29) is 39.7 Å². The number of para-hydroxylation sites is 1. The van der Waals surface area contributed by atoms with E-state index in [1.54, 1.807) is 59.5 Å². The van der Waals surface area contributed by atoms with Gasteiger partial charge in [0.05, 0.1) is 22.3 Å². The number of hydrogen-bond donors (Lipinski definition) is 0. The molecule has 0 spiro atoms. The Balaban J connectivity index is 1.31. The van der Waals surface area contributed by atoms with Gasteiger partial charge < -0.3 is 4.90 Å². The van der Waals surface area contributed by atoms with E-state index in [1.807, 2.05) is 30.3 Å². The molecule has 0 saturated carbocycles. The molecule has 0 N–H and O–H groups in total. The lowest BCUT2D eigenvalue weighted by Gasteiger charge is -2.37. The second-order valence-corrected chi connectivity index (χ2v) is 13.0. The molecule has 7 rings (SSSR count). The fourth-order valence-corrected chi connectivity index (χ4v) is 7.73. The minimum atomic E-state index is -4.48. The number of anilines is 2. The molecule has 48 heavy (non-hydrogen) atoms. The molecule has 6 nitrogen and oxygen atoms in total. The van der Waals surface area contributed by atoms with Gasteiger partial charge in [-0.05, 0) is 59.7 Å². The average molecular weight is 686 g/mol. The second-order valence-electron chi connectivity index (χ2n) is 11.6. The first-order valence-electron chi connectivity index (χ1n) is 15.2. The standard InChI is InChI=1S/C37H27ClF3N3O3S/c38-25-16-14-23(15-17-25)32(45)31-28(22-42-18-20-43(21-19-42)30-13-7-6-12-29(30)37(39,40)41)33(24-8-2-1-3-9-24)48-36(31)44-34(46)26-10-4-5-11-27(26)35(44)47/h1-17H,18-22H2. The molecule has 5 aromatic rings. The first-order valence-corrected chi connectivity index (χ1v) is 16.4. The number of amides is 2. The smallest absolute Gasteiger partial charge is 0.368 e. The van der Waals surface area contributed by atoms with Crippen LogP contribution < -0.4 is 9.80 Å². The van der Waals surface area contributed by atoms with Crippen molar-refractivity contribution in [2.45, 2.75) is 12.7 Å². The first-order chi connectivity index (χ1) is 23.1. The lowest BCUT2D eigenvalue weighted by atomic mass is 9.97. The number of nitrogens with zero attached hydrogens (tertiary/aromatic N) is 3. The van der Waals surface area contributed by atoms with Crippen LogP contribution in [0, 0.1) is 0 Å². The Hall–Kier alpha value is -4.77. The molecule has 11 heteroatoms. The number of carbonyl (C=O) groups is 3. The van der Waals surface area contributed by atoms with Crippen molar-refractivity contribution in [1.29, 1.82) is 0 Å². The van der Waals surface area contributed by atoms with Crippen LogP contribution >= 0.6 is 22.9 Å². The number of halogens is 4. The summed E-state index contributed by atoms with van der Waals surface area (Å²) >= 11 is 7.35. The van der Waals surface area contributed by atoms with Crippen LogP contribution in [0.3, 0.4) is 0 Å². The van der Waals surface area contributed by atoms with E-state index in [1.165, 1.54) is 23.5 Å². The molecule has 0 aliphatic carbocycles. The fourth-order valence-electron chi connectivity index (χ4n) is 6.30. The predicted molar refractivity (Wildman–Crippen MR) is 181 cm³/mol. The summed E-state index contributed by atoms with van der Waals surface area (Å²) in [6, 6.07) is 28.0. The number of rotatable bonds is 7. The number of carbonyl (C=O) groups excluding carboxylic acids is 3. The molecule has 4 aromatic carbocycles. The van der Waals surface area contributed by atoms with Crippen molar-refractivity contribution in [3.63, 3.8) is 0 Å². The predicted octanol–water partition coefficient (Wildman–Crippen LogP) is 8.44. The highest BCUT2D eigenvalue weighted by Crippen LogP contribution is 2.46. The highest BCUT2D eigenvalue weighted by Gasteiger charge is 2.41. The Labute approximate surface area is 283 Å². The molecule has 2 amide bonds. The number of thiophene rings is 1. The number of imide groups is 1. The Bertz CT molecular complexity index is 2000. The average Bonchev–Trinajstić information content (AvgIpc) is 3.58. The minimum absolute atomic E-state index is 0.136. The number of hydrogen-bond acceptors (Lipinski definition) is 6. The molecule has 0 unspecified atom stereocenters. The van der Waals surface area contributed by atoms with Crippen molar-refractivity contribution >= 4 is 51.2 Å². The monoisotopic (exact) mass is 685 g/mol. The van der Waals surface area contributed by atoms with Crippen molar-refractivity contribution in [3.05, 3.63) is 142 Å². The van der Waals surface area contributed by atoms with Gasteiger partial charge in [-0.15, -0.1) is 11.3 Å². The third-order valence-electron chi connectivity index (χ3n) is 8.66. The van der Waals surface area contributed by atoms with Gasteiger partial charge in [0.25, 0.3) is 11.8 Å². The van der Waals surface area contributed by atoms with Crippen LogP contribution in [-0.4, -0.2) is 48.7 Å². The summed E-state index contributed by atoms with van der Waals surface area (Å²) < 4.78 is 41.4. The van der Waals surface area contributed by atoms with Crippen molar-refractivity contribution in [2.24, 2.45) is 0 Å². The molecule has 2 aliphatic rings. The Morgan fingerprint density at radius 1 is 0.750 bits per heavy atom. The van der Waals surface area contributed by atoms with E-state index in [4.69, 9.17) is 11.6 Å². The van der Waals surface area contributed by atoms with E-state index >= 15 is 0 Å². The van der Waals surface area contributed by atoms with Gasteiger partial charge in [0, 0.05) is 53.9 Å². The second kappa shape index (κ2) is 12.7. The largest absolute Gasteiger partial charge is 0.418 e. The molecule has 3 heterocycles. The van der Waals surface area contributed by atoms with Gasteiger partial charge in [-0.2, -0.15) is 13.2 Å². The minimum Gasteiger partial charge on any atom is -0.368 e. The van der Waals surface area contributed by atoms with E-state index in [0.717, 1.165) is 21.4 Å². The third-order valence-corrected chi connectivity index (χ3v) is 10.2. The van der Waals surface area contributed by atoms with Gasteiger partial charge in [-0.1, -0.05) is 66.2 Å². The SMILES string of the molecule is O=C(c1ccc(Cl)cc1)c1c(N2C(=O)c3ccccc3C2=O)sc(-c2ccccc2)c1CN1CCN(c2ccccc2C(F)(F)F)CC1. The van der Waals surface area contributed by atoms with Gasteiger partial charge in [-0.3, -0.25) is 19.3 Å². The maximum atomic E-state index is 14.5. The maximum absolute atomic E-state index is 14.5. The summed E-state index contributed by atoms with van der Waals surface area (Å²) in [5, 5.41) is 0.681. The molecule has 1 aromatic heterocycles. The third kappa shape index (κ3) is 5.80. The van der Waals surface area contributed by atoms with E-state index in [0.29, 0.717) is 42.3 Å². The van der Waals surface area contributed by atoms with Crippen molar-refractivity contribution < 1.29 is 27.6 Å². The summed E-state index contributed by atoms with van der Waals surface area (Å²) in [5.41, 5.74) is 2.01. The molecular weight excluding hydrogens is 659 g/mol. The zero-order chi connectivity index (χ0) is 33.6. The lowest BCUT2D eigenvalue weighted by Crippen LogP contribution is -2.46. The van der Waals surface area contributed by atoms with Crippen molar-refractivity contribution in [2.75, 3.05) is 36.0 Å². The maximum Gasteiger partial charge on any atom is 0.418 e. The lowest BCUT2D eigenvalue weighted by molar-refractivity contribution is -0.137. The molecule has 0 bridgehead atoms. The molecule has 1 saturated heterocycles. The van der Waals surface area contributed by atoms with Crippen LogP contribution in [0.4, 0.5) is 23.9 Å². The zero-order valence-corrected chi connectivity index (χ0v) is 26.9. The van der Waals surface area contributed by atoms with Gasteiger partial charge in [0.15, 0.2) is 5.78 Å². The summed E-state index contributed by atoms with van der Waals surface area (Å²) in [7, 11) is 0. The molecule has 0 atom stereocenters. The van der Waals surface area contributed by atoms with Crippen LogP contribution in [-0.2, 0) is 12.7 Å². The molecule has 242 valence electrons. The van der Waals surface area contributed by atoms with E-state index < -0.39 is 23.6 Å². The van der Waals surface area contributed by atoms with Gasteiger partial charge in [0.2, 0.25) is 0 Å². The van der Waals surface area contributed by atoms with Crippen LogP contribution in [0.25, 0.3) is 10.4 Å². The highest BCUT2D eigenvalue weighted by molar-refractivity contribution is 7.20. The highest BCUT2D eigenvalue weighted by atomic mass is 35.5. The fraction of sp³-hybridized carbons (Fsp3) is 0.162. The molecule has 2 aliphatic heterocycles. The van der Waals surface area contributed by atoms with Gasteiger partial charge >= 0.3 is 6.18 Å². The number of alkyl halides is 3. The zero-order valence-electron chi connectivity index (χ0n) is 25.3. The number of benzene rings is 4. The summed E-state index contributed by atoms with van der Waals surface area (Å²) in [5.74, 6) is -1.39. The number of piperazine rings is 1. The van der Waals surface area contributed by atoms with Crippen LogP contribution in [0.15, 0.2) is 103 Å². The van der Waals surface area contributed by atoms with Gasteiger partial charge in [0.1, 0.15) is 5.00 Å².